The molecule has 114 valence electrons. The van der Waals surface area contributed by atoms with Crippen molar-refractivity contribution >= 4 is 17.6 Å². The smallest absolute Gasteiger partial charge is 0.224 e. The van der Waals surface area contributed by atoms with Crippen LogP contribution in [0, 0.1) is 0 Å². The zero-order valence-electron chi connectivity index (χ0n) is 12.5. The fraction of sp³-hybridized carbons (Fsp3) is 0.467. The third-order valence-electron chi connectivity index (χ3n) is 3.05. The number of nitrogens with zero attached hydrogens (tertiary/aromatic N) is 1. The van der Waals surface area contributed by atoms with Crippen molar-refractivity contribution in [3.8, 4) is 5.75 Å². The van der Waals surface area contributed by atoms with Crippen molar-refractivity contribution in [1.82, 2.24) is 5.32 Å². The highest BCUT2D eigenvalue weighted by molar-refractivity contribution is 5.94. The van der Waals surface area contributed by atoms with Crippen LogP contribution in [-0.2, 0) is 11.2 Å². The van der Waals surface area contributed by atoms with Gasteiger partial charge in [-0.2, -0.15) is 0 Å². The molecule has 6 heteroatoms. The molecule has 1 aliphatic rings. The van der Waals surface area contributed by atoms with Crippen molar-refractivity contribution in [1.29, 1.82) is 0 Å². The molecule has 0 aromatic heterocycles. The summed E-state index contributed by atoms with van der Waals surface area (Å²) in [6.45, 7) is 4.97. The first-order chi connectivity index (χ1) is 10.0. The van der Waals surface area contributed by atoms with Gasteiger partial charge in [-0.05, 0) is 44.0 Å². The molecular weight excluding hydrogens is 268 g/mol. The van der Waals surface area contributed by atoms with Gasteiger partial charge in [0.25, 0.3) is 0 Å². The number of benzene rings is 1. The highest BCUT2D eigenvalue weighted by atomic mass is 16.5. The van der Waals surface area contributed by atoms with Gasteiger partial charge in [-0.25, -0.2) is 4.99 Å². The van der Waals surface area contributed by atoms with Gasteiger partial charge in [0.2, 0.25) is 5.91 Å². The first-order valence-electron chi connectivity index (χ1n) is 7.16. The quantitative estimate of drug-likeness (QED) is 0.433. The predicted molar refractivity (Wildman–Crippen MR) is 83.6 cm³/mol. The van der Waals surface area contributed by atoms with Crippen LogP contribution in [0.25, 0.3) is 0 Å². The second-order valence-electron chi connectivity index (χ2n) is 5.28. The summed E-state index contributed by atoms with van der Waals surface area (Å²) >= 11 is 0. The molecule has 0 aliphatic carbocycles. The summed E-state index contributed by atoms with van der Waals surface area (Å²) in [5.74, 6) is 1.29. The molecule has 0 spiro atoms. The monoisotopic (exact) mass is 290 g/mol. The predicted octanol–water partition coefficient (Wildman–Crippen LogP) is 1.26. The standard InChI is InChI=1S/C15H22N4O2/c1-10(2)18-15(16)17-7-8-21-12-4-5-13-11(9-12)3-6-14(20)19-13/h4-5,9-10H,3,6-8H2,1-2H3,(H,19,20)(H3,16,17,18). The summed E-state index contributed by atoms with van der Waals surface area (Å²) in [5.41, 5.74) is 7.69. The molecule has 0 unspecified atom stereocenters. The highest BCUT2D eigenvalue weighted by Crippen LogP contribution is 2.26. The maximum Gasteiger partial charge on any atom is 0.224 e. The Morgan fingerprint density at radius 1 is 1.48 bits per heavy atom. The molecular formula is C15H22N4O2. The zero-order valence-corrected chi connectivity index (χ0v) is 12.5. The number of aryl methyl sites for hydroxylation is 1. The summed E-state index contributed by atoms with van der Waals surface area (Å²) in [4.78, 5) is 15.5. The lowest BCUT2D eigenvalue weighted by Gasteiger charge is -2.17. The largest absolute Gasteiger partial charge is 0.492 e. The molecule has 0 fully saturated rings. The lowest BCUT2D eigenvalue weighted by molar-refractivity contribution is -0.116. The van der Waals surface area contributed by atoms with Crippen LogP contribution >= 0.6 is 0 Å². The van der Waals surface area contributed by atoms with E-state index in [-0.39, 0.29) is 11.9 Å². The Bertz CT molecular complexity index is 540. The molecule has 0 saturated heterocycles. The minimum absolute atomic E-state index is 0.0682. The maximum atomic E-state index is 11.3. The number of aliphatic imine (C=N–C) groups is 1. The first kappa shape index (κ1) is 15.2. The number of carbonyl (C=O) groups is 1. The van der Waals surface area contributed by atoms with Crippen molar-refractivity contribution in [3.05, 3.63) is 23.8 Å². The third-order valence-corrected chi connectivity index (χ3v) is 3.05. The number of fused-ring (bicyclic) bond motifs is 1. The van der Waals surface area contributed by atoms with E-state index >= 15 is 0 Å². The Kier molecular flexibility index (Phi) is 5.03. The third kappa shape index (κ3) is 4.66. The lowest BCUT2D eigenvalue weighted by atomic mass is 10.0. The van der Waals surface area contributed by atoms with Crippen molar-refractivity contribution in [2.75, 3.05) is 18.5 Å². The van der Waals surface area contributed by atoms with Gasteiger partial charge in [0, 0.05) is 18.2 Å². The average Bonchev–Trinajstić information content (AvgIpc) is 2.43. The number of hydrogen-bond acceptors (Lipinski definition) is 3. The number of carbonyl (C=O) groups excluding carboxylic acids is 1. The molecule has 0 saturated carbocycles. The lowest BCUT2D eigenvalue weighted by Crippen LogP contribution is -2.37. The van der Waals surface area contributed by atoms with E-state index in [4.69, 9.17) is 10.5 Å². The van der Waals surface area contributed by atoms with Gasteiger partial charge in [-0.15, -0.1) is 0 Å². The van der Waals surface area contributed by atoms with Gasteiger partial charge in [0.05, 0.1) is 6.54 Å². The van der Waals surface area contributed by atoms with Crippen LogP contribution in [0.2, 0.25) is 0 Å². The summed E-state index contributed by atoms with van der Waals surface area (Å²) in [5, 5.41) is 5.86. The average molecular weight is 290 g/mol. The Balaban J connectivity index is 1.83. The minimum Gasteiger partial charge on any atom is -0.492 e. The molecule has 0 radical (unpaired) electrons. The minimum atomic E-state index is 0.0682. The van der Waals surface area contributed by atoms with Crippen molar-refractivity contribution in [3.63, 3.8) is 0 Å². The molecule has 1 amide bonds. The van der Waals surface area contributed by atoms with Gasteiger partial charge in [-0.3, -0.25) is 4.79 Å². The SMILES string of the molecule is CC(C)NC(N)=NCCOc1ccc2c(c1)CCC(=O)N2. The van der Waals surface area contributed by atoms with Gasteiger partial charge < -0.3 is 21.1 Å². The number of nitrogens with one attached hydrogen (secondary N) is 2. The van der Waals surface area contributed by atoms with E-state index in [2.05, 4.69) is 15.6 Å². The summed E-state index contributed by atoms with van der Waals surface area (Å²) in [6, 6.07) is 5.96. The van der Waals surface area contributed by atoms with E-state index in [1.54, 1.807) is 0 Å². The van der Waals surface area contributed by atoms with Gasteiger partial charge in [0.15, 0.2) is 5.96 Å². The normalized spacial score (nSPS) is 14.6. The highest BCUT2D eigenvalue weighted by Gasteiger charge is 2.14. The van der Waals surface area contributed by atoms with Crippen molar-refractivity contribution in [2.45, 2.75) is 32.7 Å². The molecule has 0 bridgehead atoms. The first-order valence-corrected chi connectivity index (χ1v) is 7.16. The zero-order chi connectivity index (χ0) is 15.2. The molecule has 0 atom stereocenters. The molecule has 1 heterocycles. The van der Waals surface area contributed by atoms with Gasteiger partial charge in [0.1, 0.15) is 12.4 Å². The summed E-state index contributed by atoms with van der Waals surface area (Å²) in [6.07, 6.45) is 1.28. The number of amides is 1. The second-order valence-corrected chi connectivity index (χ2v) is 5.28. The summed E-state index contributed by atoms with van der Waals surface area (Å²) in [7, 11) is 0. The molecule has 1 aliphatic heterocycles. The molecule has 1 aromatic rings. The summed E-state index contributed by atoms with van der Waals surface area (Å²) < 4.78 is 5.65. The fourth-order valence-electron chi connectivity index (χ4n) is 2.12. The van der Waals surface area contributed by atoms with Crippen molar-refractivity contribution in [2.24, 2.45) is 10.7 Å². The molecule has 6 nitrogen and oxygen atoms in total. The van der Waals surface area contributed by atoms with E-state index in [1.165, 1.54) is 0 Å². The van der Waals surface area contributed by atoms with Crippen LogP contribution in [0.15, 0.2) is 23.2 Å². The molecule has 1 aromatic carbocycles. The molecule has 2 rings (SSSR count). The molecule has 21 heavy (non-hydrogen) atoms. The number of rotatable bonds is 5. The fourth-order valence-corrected chi connectivity index (χ4v) is 2.12. The van der Waals surface area contributed by atoms with Crippen LogP contribution in [0.4, 0.5) is 5.69 Å². The Hall–Kier alpha value is -2.24. The second kappa shape index (κ2) is 6.97. The molecule has 4 N–H and O–H groups in total. The van der Waals surface area contributed by atoms with Crippen molar-refractivity contribution < 1.29 is 9.53 Å². The Labute approximate surface area is 124 Å². The maximum absolute atomic E-state index is 11.3. The van der Waals surface area contributed by atoms with E-state index in [0.29, 0.717) is 25.5 Å². The van der Waals surface area contributed by atoms with E-state index in [9.17, 15) is 4.79 Å². The topological polar surface area (TPSA) is 88.7 Å². The van der Waals surface area contributed by atoms with Crippen LogP contribution < -0.4 is 21.1 Å². The van der Waals surface area contributed by atoms with E-state index in [1.807, 2.05) is 32.0 Å². The number of guanidine groups is 1. The van der Waals surface area contributed by atoms with Crippen LogP contribution in [0.3, 0.4) is 0 Å². The van der Waals surface area contributed by atoms with Crippen LogP contribution in [-0.4, -0.2) is 31.1 Å². The van der Waals surface area contributed by atoms with Gasteiger partial charge in [-0.1, -0.05) is 0 Å². The van der Waals surface area contributed by atoms with E-state index in [0.717, 1.165) is 23.4 Å². The number of ether oxygens (including phenoxy) is 1. The van der Waals surface area contributed by atoms with Crippen LogP contribution in [0.5, 0.6) is 5.75 Å². The number of nitrogens with two attached hydrogens (primary N) is 1. The Morgan fingerprint density at radius 3 is 3.05 bits per heavy atom. The number of hydrogen-bond donors (Lipinski definition) is 3. The van der Waals surface area contributed by atoms with E-state index < -0.39 is 0 Å². The van der Waals surface area contributed by atoms with Crippen LogP contribution in [0.1, 0.15) is 25.8 Å². The number of anilines is 1. The van der Waals surface area contributed by atoms with Gasteiger partial charge >= 0.3 is 0 Å². The Morgan fingerprint density at radius 2 is 2.29 bits per heavy atom.